The normalized spacial score (nSPS) is 10.8. The zero-order valence-electron chi connectivity index (χ0n) is 19.6. The maximum Gasteiger partial charge on any atom is 0.248 e. The molecule has 0 aliphatic rings. The molecule has 0 radical (unpaired) electrons. The third-order valence-corrected chi connectivity index (χ3v) is 6.35. The second kappa shape index (κ2) is 11.5. The van der Waals surface area contributed by atoms with Crippen LogP contribution in [-0.4, -0.2) is 16.1 Å². The summed E-state index contributed by atoms with van der Waals surface area (Å²) < 4.78 is 11.6. The largest absolute Gasteiger partial charge is 0.489 e. The lowest BCUT2D eigenvalue weighted by molar-refractivity contribution is -0.118. The number of hydrogen-bond donors (Lipinski definition) is 0. The van der Waals surface area contributed by atoms with Crippen LogP contribution in [0, 0.1) is 0 Å². The summed E-state index contributed by atoms with van der Waals surface area (Å²) in [6, 6.07) is 29.5. The fourth-order valence-electron chi connectivity index (χ4n) is 3.75. The first kappa shape index (κ1) is 23.5. The highest BCUT2D eigenvalue weighted by atomic mass is 32.1. The molecule has 2 heterocycles. The minimum atomic E-state index is -0.0131. The summed E-state index contributed by atoms with van der Waals surface area (Å²) >= 11 is 1.57. The third-order valence-electron chi connectivity index (χ3n) is 5.67. The second-order valence-corrected chi connectivity index (χ2v) is 9.03. The summed E-state index contributed by atoms with van der Waals surface area (Å²) in [5.74, 6) is 1.71. The second-order valence-electron chi connectivity index (χ2n) is 8.25. The van der Waals surface area contributed by atoms with Crippen LogP contribution in [-0.2, 0) is 24.4 Å². The Morgan fingerprint density at radius 3 is 2.33 bits per heavy atom. The van der Waals surface area contributed by atoms with E-state index in [0.717, 1.165) is 28.1 Å². The molecule has 0 unspecified atom stereocenters. The molecule has 0 fully saturated rings. The number of nitrogens with zero attached hydrogens (tertiary/aromatic N) is 3. The van der Waals surface area contributed by atoms with Crippen LogP contribution in [0.5, 0.6) is 5.75 Å². The fraction of sp³-hybridized carbons (Fsp3) is 0.138. The summed E-state index contributed by atoms with van der Waals surface area (Å²) in [6.07, 6.45) is 0.643. The molecule has 1 amide bonds. The van der Waals surface area contributed by atoms with Gasteiger partial charge in [0.05, 0.1) is 6.54 Å². The number of anilines is 1. The molecule has 0 bridgehead atoms. The van der Waals surface area contributed by atoms with Gasteiger partial charge in [0.2, 0.25) is 17.7 Å². The number of benzene rings is 3. The van der Waals surface area contributed by atoms with E-state index in [1.165, 1.54) is 0 Å². The molecule has 0 saturated heterocycles. The number of carbonyl (C=O) groups is 1. The van der Waals surface area contributed by atoms with Crippen molar-refractivity contribution in [3.05, 3.63) is 119 Å². The predicted octanol–water partition coefficient (Wildman–Crippen LogP) is 6.54. The molecule has 7 heteroatoms. The van der Waals surface area contributed by atoms with Crippen LogP contribution in [0.25, 0.3) is 11.5 Å². The van der Waals surface area contributed by atoms with Gasteiger partial charge < -0.3 is 14.1 Å². The van der Waals surface area contributed by atoms with E-state index in [1.54, 1.807) is 16.2 Å². The SMILES string of the molecule is O=C(CCc1nnc(-c2ccsc2)o1)N(Cc1ccc(OCc2ccccc2)cc1)c1ccccc1. The number of amides is 1. The molecular weight excluding hydrogens is 470 g/mol. The number of para-hydroxylation sites is 1. The quantitative estimate of drug-likeness (QED) is 0.220. The Bertz CT molecular complexity index is 1370. The van der Waals surface area contributed by atoms with Crippen molar-refractivity contribution in [1.82, 2.24) is 10.2 Å². The summed E-state index contributed by atoms with van der Waals surface area (Å²) in [6.45, 7) is 0.963. The Kier molecular flexibility index (Phi) is 7.49. The molecular formula is C29H25N3O3S. The zero-order valence-corrected chi connectivity index (χ0v) is 20.4. The van der Waals surface area contributed by atoms with E-state index in [9.17, 15) is 4.79 Å². The van der Waals surface area contributed by atoms with Crippen molar-refractivity contribution in [2.75, 3.05) is 4.90 Å². The minimum Gasteiger partial charge on any atom is -0.489 e. The van der Waals surface area contributed by atoms with Gasteiger partial charge in [0, 0.05) is 29.5 Å². The zero-order chi connectivity index (χ0) is 24.6. The van der Waals surface area contributed by atoms with Crippen LogP contribution < -0.4 is 9.64 Å². The van der Waals surface area contributed by atoms with Crippen LogP contribution in [0.1, 0.15) is 23.4 Å². The fourth-order valence-corrected chi connectivity index (χ4v) is 4.38. The van der Waals surface area contributed by atoms with Gasteiger partial charge in [-0.15, -0.1) is 10.2 Å². The van der Waals surface area contributed by atoms with Gasteiger partial charge in [0.15, 0.2) is 0 Å². The topological polar surface area (TPSA) is 68.5 Å². The molecule has 2 aromatic heterocycles. The molecule has 36 heavy (non-hydrogen) atoms. The molecule has 0 atom stereocenters. The van der Waals surface area contributed by atoms with Crippen LogP contribution >= 0.6 is 11.3 Å². The molecule has 6 nitrogen and oxygen atoms in total. The lowest BCUT2D eigenvalue weighted by Crippen LogP contribution is -2.30. The van der Waals surface area contributed by atoms with Crippen molar-refractivity contribution >= 4 is 22.9 Å². The first-order chi connectivity index (χ1) is 17.7. The Morgan fingerprint density at radius 1 is 0.861 bits per heavy atom. The summed E-state index contributed by atoms with van der Waals surface area (Å²) in [5, 5.41) is 12.1. The van der Waals surface area contributed by atoms with Crippen LogP contribution in [0.4, 0.5) is 5.69 Å². The van der Waals surface area contributed by atoms with Gasteiger partial charge in [-0.1, -0.05) is 60.7 Å². The van der Waals surface area contributed by atoms with E-state index in [1.807, 2.05) is 102 Å². The van der Waals surface area contributed by atoms with Gasteiger partial charge in [0.1, 0.15) is 12.4 Å². The summed E-state index contributed by atoms with van der Waals surface area (Å²) in [5.41, 5.74) is 3.87. The highest BCUT2D eigenvalue weighted by Gasteiger charge is 2.18. The summed E-state index contributed by atoms with van der Waals surface area (Å²) in [4.78, 5) is 15.1. The number of carbonyl (C=O) groups excluding carboxylic acids is 1. The van der Waals surface area contributed by atoms with Crippen molar-refractivity contribution in [2.24, 2.45) is 0 Å². The highest BCUT2D eigenvalue weighted by Crippen LogP contribution is 2.23. The van der Waals surface area contributed by atoms with Gasteiger partial charge in [-0.3, -0.25) is 4.79 Å². The third kappa shape index (κ3) is 6.06. The number of rotatable bonds is 10. The Hall–Kier alpha value is -4.23. The van der Waals surface area contributed by atoms with Crippen LogP contribution in [0.2, 0.25) is 0 Å². The Labute approximate surface area is 213 Å². The van der Waals surface area contributed by atoms with E-state index < -0.39 is 0 Å². The lowest BCUT2D eigenvalue weighted by Gasteiger charge is -2.23. The van der Waals surface area contributed by atoms with Crippen molar-refractivity contribution in [3.63, 3.8) is 0 Å². The van der Waals surface area contributed by atoms with E-state index in [0.29, 0.717) is 31.4 Å². The van der Waals surface area contributed by atoms with Crippen molar-refractivity contribution in [2.45, 2.75) is 26.0 Å². The molecule has 0 spiro atoms. The van der Waals surface area contributed by atoms with Gasteiger partial charge in [0.25, 0.3) is 0 Å². The average molecular weight is 496 g/mol. The van der Waals surface area contributed by atoms with Crippen molar-refractivity contribution in [3.8, 4) is 17.2 Å². The molecule has 0 aliphatic heterocycles. The first-order valence-corrected chi connectivity index (χ1v) is 12.6. The average Bonchev–Trinajstić information content (AvgIpc) is 3.63. The monoisotopic (exact) mass is 495 g/mol. The van der Waals surface area contributed by atoms with E-state index in [2.05, 4.69) is 10.2 Å². The van der Waals surface area contributed by atoms with Gasteiger partial charge in [-0.05, 0) is 46.8 Å². The first-order valence-electron chi connectivity index (χ1n) is 11.7. The molecule has 180 valence electrons. The number of aryl methyl sites for hydroxylation is 1. The molecule has 0 saturated carbocycles. The van der Waals surface area contributed by atoms with E-state index in [-0.39, 0.29) is 12.3 Å². The minimum absolute atomic E-state index is 0.0131. The van der Waals surface area contributed by atoms with Gasteiger partial charge in [-0.2, -0.15) is 11.3 Å². The molecule has 0 aliphatic carbocycles. The maximum absolute atomic E-state index is 13.3. The Morgan fingerprint density at radius 2 is 1.61 bits per heavy atom. The molecule has 5 aromatic rings. The van der Waals surface area contributed by atoms with Crippen molar-refractivity contribution in [1.29, 1.82) is 0 Å². The van der Waals surface area contributed by atoms with Crippen molar-refractivity contribution < 1.29 is 13.9 Å². The maximum atomic E-state index is 13.3. The lowest BCUT2D eigenvalue weighted by atomic mass is 10.1. The number of thiophene rings is 1. The molecule has 0 N–H and O–H groups in total. The van der Waals surface area contributed by atoms with E-state index in [4.69, 9.17) is 9.15 Å². The number of hydrogen-bond acceptors (Lipinski definition) is 6. The van der Waals surface area contributed by atoms with Gasteiger partial charge in [-0.25, -0.2) is 0 Å². The van der Waals surface area contributed by atoms with Gasteiger partial charge >= 0.3 is 0 Å². The standard InChI is InChI=1S/C29H25N3O3S/c33-28(16-15-27-30-31-29(35-27)24-17-18-36-21-24)32(25-9-5-2-6-10-25)19-22-11-13-26(14-12-22)34-20-23-7-3-1-4-8-23/h1-14,17-18,21H,15-16,19-20H2. The highest BCUT2D eigenvalue weighted by molar-refractivity contribution is 7.08. The smallest absolute Gasteiger partial charge is 0.248 e. The molecule has 5 rings (SSSR count). The van der Waals surface area contributed by atoms with E-state index >= 15 is 0 Å². The van der Waals surface area contributed by atoms with Crippen LogP contribution in [0.3, 0.4) is 0 Å². The van der Waals surface area contributed by atoms with Crippen LogP contribution in [0.15, 0.2) is 106 Å². The number of aromatic nitrogens is 2. The predicted molar refractivity (Wildman–Crippen MR) is 141 cm³/mol. The Balaban J connectivity index is 1.23. The summed E-state index contributed by atoms with van der Waals surface area (Å²) in [7, 11) is 0. The number of ether oxygens (including phenoxy) is 1. The molecule has 3 aromatic carbocycles.